The Morgan fingerprint density at radius 1 is 1.20 bits per heavy atom. The molecular formula is C18H30N2. The summed E-state index contributed by atoms with van der Waals surface area (Å²) < 4.78 is 0. The van der Waals surface area contributed by atoms with E-state index in [0.29, 0.717) is 0 Å². The highest BCUT2D eigenvalue weighted by Gasteiger charge is 2.17. The molecule has 1 unspecified atom stereocenters. The van der Waals surface area contributed by atoms with Crippen LogP contribution in [0.15, 0.2) is 12.1 Å². The van der Waals surface area contributed by atoms with Gasteiger partial charge in [-0.25, -0.2) is 0 Å². The summed E-state index contributed by atoms with van der Waals surface area (Å²) in [5, 5.41) is 3.53. The van der Waals surface area contributed by atoms with E-state index in [9.17, 15) is 0 Å². The number of rotatable bonds is 5. The minimum atomic E-state index is 0.828. The van der Waals surface area contributed by atoms with Crippen LogP contribution in [0.3, 0.4) is 0 Å². The van der Waals surface area contributed by atoms with E-state index < -0.39 is 0 Å². The van der Waals surface area contributed by atoms with E-state index in [2.05, 4.69) is 50.0 Å². The maximum absolute atomic E-state index is 3.53. The van der Waals surface area contributed by atoms with Crippen LogP contribution in [0.25, 0.3) is 0 Å². The van der Waals surface area contributed by atoms with Crippen molar-refractivity contribution in [2.45, 2.75) is 47.1 Å². The number of hydrogen-bond donors (Lipinski definition) is 1. The molecule has 2 nitrogen and oxygen atoms in total. The molecule has 2 rings (SSSR count). The Morgan fingerprint density at radius 3 is 2.45 bits per heavy atom. The molecule has 1 N–H and O–H groups in total. The number of aryl methyl sites for hydroxylation is 3. The Kier molecular flexibility index (Phi) is 5.62. The molecule has 1 aliphatic heterocycles. The van der Waals surface area contributed by atoms with Crippen LogP contribution in [-0.4, -0.2) is 31.1 Å². The van der Waals surface area contributed by atoms with Crippen molar-refractivity contribution in [3.63, 3.8) is 0 Å². The lowest BCUT2D eigenvalue weighted by atomic mass is 9.97. The first-order chi connectivity index (χ1) is 9.60. The lowest BCUT2D eigenvalue weighted by Gasteiger charge is -2.30. The summed E-state index contributed by atoms with van der Waals surface area (Å²) >= 11 is 0. The van der Waals surface area contributed by atoms with E-state index in [4.69, 9.17) is 0 Å². The number of benzene rings is 1. The fourth-order valence-corrected chi connectivity index (χ4v) is 3.43. The summed E-state index contributed by atoms with van der Waals surface area (Å²) in [5.74, 6) is 0.828. The van der Waals surface area contributed by atoms with Crippen LogP contribution in [0, 0.1) is 26.7 Å². The van der Waals surface area contributed by atoms with Crippen LogP contribution >= 0.6 is 0 Å². The molecule has 1 aromatic carbocycles. The van der Waals surface area contributed by atoms with Crippen molar-refractivity contribution >= 4 is 0 Å². The Balaban J connectivity index is 2.02. The van der Waals surface area contributed by atoms with Gasteiger partial charge < -0.3 is 5.32 Å². The zero-order valence-corrected chi connectivity index (χ0v) is 13.6. The Morgan fingerprint density at radius 2 is 1.90 bits per heavy atom. The molecule has 0 saturated carbocycles. The van der Waals surface area contributed by atoms with Gasteiger partial charge in [0.2, 0.25) is 0 Å². The minimum absolute atomic E-state index is 0.828. The largest absolute Gasteiger partial charge is 0.316 e. The molecule has 0 bridgehead atoms. The van der Waals surface area contributed by atoms with Crippen molar-refractivity contribution in [1.82, 2.24) is 10.2 Å². The Bertz CT molecular complexity index is 410. The van der Waals surface area contributed by atoms with E-state index in [1.54, 1.807) is 0 Å². The maximum Gasteiger partial charge on any atom is 0.0239 e. The molecule has 1 aromatic rings. The van der Waals surface area contributed by atoms with Gasteiger partial charge in [-0.1, -0.05) is 24.6 Å². The standard InChI is InChI=1S/C18H30N2/c1-5-20(12-17-7-6-8-19-11-17)13-18-15(3)9-14(2)10-16(18)4/h9-10,17,19H,5-8,11-13H2,1-4H3. The first-order valence-electron chi connectivity index (χ1n) is 8.10. The first-order valence-corrected chi connectivity index (χ1v) is 8.10. The molecule has 1 fully saturated rings. The molecule has 0 amide bonds. The molecule has 0 spiro atoms. The molecule has 20 heavy (non-hydrogen) atoms. The van der Waals surface area contributed by atoms with Crippen LogP contribution in [0.2, 0.25) is 0 Å². The third kappa shape index (κ3) is 4.07. The minimum Gasteiger partial charge on any atom is -0.316 e. The number of nitrogens with one attached hydrogen (secondary N) is 1. The topological polar surface area (TPSA) is 15.3 Å². The van der Waals surface area contributed by atoms with Gasteiger partial charge in [0.15, 0.2) is 0 Å². The van der Waals surface area contributed by atoms with E-state index in [-0.39, 0.29) is 0 Å². The van der Waals surface area contributed by atoms with E-state index in [1.165, 1.54) is 54.7 Å². The van der Waals surface area contributed by atoms with Crippen molar-refractivity contribution < 1.29 is 0 Å². The number of piperidine rings is 1. The SMILES string of the molecule is CCN(Cc1c(C)cc(C)cc1C)CC1CCCNC1. The summed E-state index contributed by atoms with van der Waals surface area (Å²) in [7, 11) is 0. The second-order valence-electron chi connectivity index (χ2n) is 6.42. The van der Waals surface area contributed by atoms with Gasteiger partial charge in [0.1, 0.15) is 0 Å². The smallest absolute Gasteiger partial charge is 0.0239 e. The van der Waals surface area contributed by atoms with Crippen molar-refractivity contribution in [2.75, 3.05) is 26.2 Å². The quantitative estimate of drug-likeness (QED) is 0.885. The molecule has 0 aliphatic carbocycles. The average Bonchev–Trinajstić information content (AvgIpc) is 2.42. The van der Waals surface area contributed by atoms with Gasteiger partial charge in [-0.2, -0.15) is 0 Å². The monoisotopic (exact) mass is 274 g/mol. The predicted octanol–water partition coefficient (Wildman–Crippen LogP) is 3.43. The maximum atomic E-state index is 3.53. The van der Waals surface area contributed by atoms with Crippen LogP contribution in [0.5, 0.6) is 0 Å². The van der Waals surface area contributed by atoms with Gasteiger partial charge in [-0.05, 0) is 75.9 Å². The second-order valence-corrected chi connectivity index (χ2v) is 6.42. The molecule has 1 saturated heterocycles. The summed E-state index contributed by atoms with van der Waals surface area (Å²) in [6.45, 7) is 14.9. The molecule has 1 atom stereocenters. The lowest BCUT2D eigenvalue weighted by Crippen LogP contribution is -2.38. The van der Waals surface area contributed by atoms with Crippen molar-refractivity contribution in [3.8, 4) is 0 Å². The molecule has 1 heterocycles. The third-order valence-electron chi connectivity index (χ3n) is 4.58. The normalized spacial score (nSPS) is 19.6. The van der Waals surface area contributed by atoms with E-state index in [0.717, 1.165) is 19.0 Å². The van der Waals surface area contributed by atoms with Crippen molar-refractivity contribution in [1.29, 1.82) is 0 Å². The van der Waals surface area contributed by atoms with Crippen LogP contribution < -0.4 is 5.32 Å². The van der Waals surface area contributed by atoms with E-state index >= 15 is 0 Å². The van der Waals surface area contributed by atoms with Crippen LogP contribution in [0.4, 0.5) is 0 Å². The van der Waals surface area contributed by atoms with Gasteiger partial charge >= 0.3 is 0 Å². The van der Waals surface area contributed by atoms with Gasteiger partial charge in [0.25, 0.3) is 0 Å². The zero-order valence-electron chi connectivity index (χ0n) is 13.6. The highest BCUT2D eigenvalue weighted by Crippen LogP contribution is 2.20. The number of hydrogen-bond acceptors (Lipinski definition) is 2. The Labute approximate surface area is 124 Å². The fourth-order valence-electron chi connectivity index (χ4n) is 3.43. The molecule has 0 aromatic heterocycles. The van der Waals surface area contributed by atoms with Gasteiger partial charge in [-0.3, -0.25) is 4.90 Å². The molecule has 2 heteroatoms. The lowest BCUT2D eigenvalue weighted by molar-refractivity contribution is 0.209. The fraction of sp³-hybridized carbons (Fsp3) is 0.667. The summed E-state index contributed by atoms with van der Waals surface area (Å²) in [4.78, 5) is 2.61. The van der Waals surface area contributed by atoms with Crippen LogP contribution in [-0.2, 0) is 6.54 Å². The number of nitrogens with zero attached hydrogens (tertiary/aromatic N) is 1. The molecule has 112 valence electrons. The van der Waals surface area contributed by atoms with Gasteiger partial charge in [0.05, 0.1) is 0 Å². The van der Waals surface area contributed by atoms with Crippen LogP contribution in [0.1, 0.15) is 42.0 Å². The second kappa shape index (κ2) is 7.24. The van der Waals surface area contributed by atoms with Crippen molar-refractivity contribution in [2.24, 2.45) is 5.92 Å². The van der Waals surface area contributed by atoms with Gasteiger partial charge in [0, 0.05) is 13.1 Å². The predicted molar refractivity (Wildman–Crippen MR) is 87.2 cm³/mol. The first kappa shape index (κ1) is 15.5. The summed E-state index contributed by atoms with van der Waals surface area (Å²) in [6, 6.07) is 4.64. The molecular weight excluding hydrogens is 244 g/mol. The zero-order chi connectivity index (χ0) is 14.5. The molecule has 1 aliphatic rings. The average molecular weight is 274 g/mol. The Hall–Kier alpha value is -0.860. The van der Waals surface area contributed by atoms with E-state index in [1.807, 2.05) is 0 Å². The summed E-state index contributed by atoms with van der Waals surface area (Å²) in [5.41, 5.74) is 5.80. The highest BCUT2D eigenvalue weighted by molar-refractivity contribution is 5.37. The summed E-state index contributed by atoms with van der Waals surface area (Å²) in [6.07, 6.45) is 2.72. The van der Waals surface area contributed by atoms with Gasteiger partial charge in [-0.15, -0.1) is 0 Å². The molecule has 0 radical (unpaired) electrons. The van der Waals surface area contributed by atoms with Crippen molar-refractivity contribution in [3.05, 3.63) is 34.4 Å². The third-order valence-corrected chi connectivity index (χ3v) is 4.58. The highest BCUT2D eigenvalue weighted by atomic mass is 15.1.